The van der Waals surface area contributed by atoms with E-state index in [9.17, 15) is 9.59 Å². The Morgan fingerprint density at radius 2 is 1.88 bits per heavy atom. The summed E-state index contributed by atoms with van der Waals surface area (Å²) in [5.41, 5.74) is 2.50. The molecule has 1 aromatic heterocycles. The van der Waals surface area contributed by atoms with Crippen LogP contribution in [-0.2, 0) is 4.74 Å². The van der Waals surface area contributed by atoms with E-state index in [0.717, 1.165) is 16.7 Å². The molecule has 1 atom stereocenters. The summed E-state index contributed by atoms with van der Waals surface area (Å²) in [6.07, 6.45) is 2.89. The fraction of sp³-hybridized carbons (Fsp3) is 0.292. The highest BCUT2D eigenvalue weighted by Gasteiger charge is 2.21. The maximum atomic E-state index is 13.0. The summed E-state index contributed by atoms with van der Waals surface area (Å²) in [5.74, 6) is 0.242. The van der Waals surface area contributed by atoms with Gasteiger partial charge in [-0.2, -0.15) is 5.10 Å². The zero-order chi connectivity index (χ0) is 23.1. The van der Waals surface area contributed by atoms with Crippen molar-refractivity contribution < 1.29 is 19.1 Å². The summed E-state index contributed by atoms with van der Waals surface area (Å²) in [5, 5.41) is 12.4. The lowest BCUT2D eigenvalue weighted by Crippen LogP contribution is -2.42. The first-order chi connectivity index (χ1) is 15.3. The SMILES string of the molecule is COc1cc(C(=O)NC(COC(=O)NC(C)(C)C)c2ccccc2)ccc1-c1cn[nH]c1. The Hall–Kier alpha value is -3.81. The number of H-pyrrole nitrogens is 1. The van der Waals surface area contributed by atoms with E-state index in [1.165, 1.54) is 0 Å². The van der Waals surface area contributed by atoms with Crippen LogP contribution in [0.5, 0.6) is 5.75 Å². The Bertz CT molecular complexity index is 1040. The fourth-order valence-electron chi connectivity index (χ4n) is 3.12. The van der Waals surface area contributed by atoms with Crippen molar-refractivity contribution in [2.45, 2.75) is 32.4 Å². The number of hydrogen-bond donors (Lipinski definition) is 3. The third kappa shape index (κ3) is 6.10. The van der Waals surface area contributed by atoms with E-state index in [-0.39, 0.29) is 12.5 Å². The van der Waals surface area contributed by atoms with Gasteiger partial charge in [-0.1, -0.05) is 30.3 Å². The van der Waals surface area contributed by atoms with Gasteiger partial charge in [-0.15, -0.1) is 0 Å². The van der Waals surface area contributed by atoms with Crippen molar-refractivity contribution in [1.29, 1.82) is 0 Å². The van der Waals surface area contributed by atoms with Crippen LogP contribution in [0.3, 0.4) is 0 Å². The number of benzene rings is 2. The van der Waals surface area contributed by atoms with E-state index >= 15 is 0 Å². The number of methoxy groups -OCH3 is 1. The number of nitrogens with one attached hydrogen (secondary N) is 3. The van der Waals surface area contributed by atoms with Gasteiger partial charge in [0.2, 0.25) is 0 Å². The molecule has 0 bridgehead atoms. The van der Waals surface area contributed by atoms with Gasteiger partial charge < -0.3 is 20.1 Å². The molecule has 168 valence electrons. The molecule has 2 aromatic carbocycles. The molecule has 3 rings (SSSR count). The number of carbonyl (C=O) groups excluding carboxylic acids is 2. The standard InChI is InChI=1S/C24H28N4O4/c1-24(2,3)28-23(30)32-15-20(16-8-6-5-7-9-16)27-22(29)17-10-11-19(21(12-17)31-4)18-13-25-26-14-18/h5-14,20H,15H2,1-4H3,(H,25,26)(H,27,29)(H,28,30). The van der Waals surface area contributed by atoms with Crippen molar-refractivity contribution >= 4 is 12.0 Å². The Kier molecular flexibility index (Phi) is 7.14. The Labute approximate surface area is 187 Å². The molecule has 0 aliphatic rings. The molecule has 0 aliphatic heterocycles. The van der Waals surface area contributed by atoms with Crippen molar-refractivity contribution in [3.05, 3.63) is 72.1 Å². The van der Waals surface area contributed by atoms with Gasteiger partial charge in [0.25, 0.3) is 5.91 Å². The number of hydrogen-bond acceptors (Lipinski definition) is 5. The number of aromatic amines is 1. The molecule has 8 heteroatoms. The monoisotopic (exact) mass is 436 g/mol. The number of amides is 2. The molecule has 0 radical (unpaired) electrons. The third-order valence-electron chi connectivity index (χ3n) is 4.64. The molecular formula is C24H28N4O4. The highest BCUT2D eigenvalue weighted by molar-refractivity contribution is 5.96. The molecule has 0 spiro atoms. The average Bonchev–Trinajstić information content (AvgIpc) is 3.30. The fourth-order valence-corrected chi connectivity index (χ4v) is 3.12. The van der Waals surface area contributed by atoms with E-state index in [2.05, 4.69) is 20.8 Å². The molecule has 1 heterocycles. The van der Waals surface area contributed by atoms with Gasteiger partial charge in [0.05, 0.1) is 19.3 Å². The predicted molar refractivity (Wildman–Crippen MR) is 121 cm³/mol. The van der Waals surface area contributed by atoms with Gasteiger partial charge in [-0.05, 0) is 44.5 Å². The molecule has 8 nitrogen and oxygen atoms in total. The quantitative estimate of drug-likeness (QED) is 0.518. The zero-order valence-corrected chi connectivity index (χ0v) is 18.6. The average molecular weight is 437 g/mol. The highest BCUT2D eigenvalue weighted by Crippen LogP contribution is 2.30. The zero-order valence-electron chi connectivity index (χ0n) is 18.6. The first kappa shape index (κ1) is 22.9. The van der Waals surface area contributed by atoms with Crippen LogP contribution in [-0.4, -0.2) is 41.5 Å². The number of nitrogens with zero attached hydrogens (tertiary/aromatic N) is 1. The number of aromatic nitrogens is 2. The number of alkyl carbamates (subject to hydrolysis) is 1. The molecule has 0 saturated carbocycles. The van der Waals surface area contributed by atoms with Crippen LogP contribution in [0.2, 0.25) is 0 Å². The molecule has 3 aromatic rings. The molecular weight excluding hydrogens is 408 g/mol. The summed E-state index contributed by atoms with van der Waals surface area (Å²) in [6.45, 7) is 5.59. The summed E-state index contributed by atoms with van der Waals surface area (Å²) >= 11 is 0. The second kappa shape index (κ2) is 10.00. The first-order valence-corrected chi connectivity index (χ1v) is 10.2. The summed E-state index contributed by atoms with van der Waals surface area (Å²) in [7, 11) is 1.55. The van der Waals surface area contributed by atoms with E-state index in [4.69, 9.17) is 9.47 Å². The van der Waals surface area contributed by atoms with Crippen LogP contribution < -0.4 is 15.4 Å². The summed E-state index contributed by atoms with van der Waals surface area (Å²) < 4.78 is 10.9. The second-order valence-corrected chi connectivity index (χ2v) is 8.31. The maximum Gasteiger partial charge on any atom is 0.407 e. The van der Waals surface area contributed by atoms with E-state index < -0.39 is 17.7 Å². The lowest BCUT2D eigenvalue weighted by atomic mass is 10.0. The molecule has 2 amide bonds. The maximum absolute atomic E-state index is 13.0. The van der Waals surface area contributed by atoms with Gasteiger partial charge in [0.1, 0.15) is 12.4 Å². The van der Waals surface area contributed by atoms with Crippen molar-refractivity contribution in [3.8, 4) is 16.9 Å². The molecule has 0 fully saturated rings. The van der Waals surface area contributed by atoms with Crippen LogP contribution in [0.1, 0.15) is 42.7 Å². The summed E-state index contributed by atoms with van der Waals surface area (Å²) in [4.78, 5) is 25.1. The lowest BCUT2D eigenvalue weighted by Gasteiger charge is -2.23. The van der Waals surface area contributed by atoms with Crippen LogP contribution in [0, 0.1) is 0 Å². The van der Waals surface area contributed by atoms with Crippen LogP contribution in [0.25, 0.3) is 11.1 Å². The van der Waals surface area contributed by atoms with Gasteiger partial charge in [-0.25, -0.2) is 4.79 Å². The largest absolute Gasteiger partial charge is 0.496 e. The van der Waals surface area contributed by atoms with E-state index in [1.807, 2.05) is 57.2 Å². The predicted octanol–water partition coefficient (Wildman–Crippen LogP) is 4.08. The minimum Gasteiger partial charge on any atom is -0.496 e. The Balaban J connectivity index is 1.77. The third-order valence-corrected chi connectivity index (χ3v) is 4.64. The topological polar surface area (TPSA) is 105 Å². The van der Waals surface area contributed by atoms with Crippen molar-refractivity contribution in [3.63, 3.8) is 0 Å². The number of rotatable bonds is 7. The minimum atomic E-state index is -0.543. The Morgan fingerprint density at radius 3 is 2.50 bits per heavy atom. The minimum absolute atomic E-state index is 0.0120. The van der Waals surface area contributed by atoms with Crippen molar-refractivity contribution in [1.82, 2.24) is 20.8 Å². The Morgan fingerprint density at radius 1 is 1.12 bits per heavy atom. The van der Waals surface area contributed by atoms with Crippen LogP contribution >= 0.6 is 0 Å². The smallest absolute Gasteiger partial charge is 0.407 e. The number of carbonyl (C=O) groups is 2. The highest BCUT2D eigenvalue weighted by atomic mass is 16.5. The normalized spacial score (nSPS) is 12.0. The number of ether oxygens (including phenoxy) is 2. The first-order valence-electron chi connectivity index (χ1n) is 10.2. The molecule has 1 unspecified atom stereocenters. The van der Waals surface area contributed by atoms with Crippen molar-refractivity contribution in [2.75, 3.05) is 13.7 Å². The molecule has 0 aliphatic carbocycles. The molecule has 3 N–H and O–H groups in total. The van der Waals surface area contributed by atoms with Gasteiger partial charge in [0, 0.05) is 28.4 Å². The lowest BCUT2D eigenvalue weighted by molar-refractivity contribution is 0.0885. The molecule has 0 saturated heterocycles. The van der Waals surface area contributed by atoms with Crippen LogP contribution in [0.15, 0.2) is 60.9 Å². The van der Waals surface area contributed by atoms with E-state index in [1.54, 1.807) is 31.6 Å². The van der Waals surface area contributed by atoms with Crippen LogP contribution in [0.4, 0.5) is 4.79 Å². The van der Waals surface area contributed by atoms with Gasteiger partial charge >= 0.3 is 6.09 Å². The second-order valence-electron chi connectivity index (χ2n) is 8.31. The van der Waals surface area contributed by atoms with Crippen molar-refractivity contribution in [2.24, 2.45) is 0 Å². The van der Waals surface area contributed by atoms with Gasteiger partial charge in [-0.3, -0.25) is 9.89 Å². The van der Waals surface area contributed by atoms with Gasteiger partial charge in [0.15, 0.2) is 0 Å². The molecule has 32 heavy (non-hydrogen) atoms. The summed E-state index contributed by atoms with van der Waals surface area (Å²) in [6, 6.07) is 14.0. The van der Waals surface area contributed by atoms with E-state index in [0.29, 0.717) is 11.3 Å².